The molecule has 1 N–H and O–H groups in total. The number of hydrogen-bond donors (Lipinski definition) is 1. The molecule has 7 nitrogen and oxygen atoms in total. The van der Waals surface area contributed by atoms with Crippen molar-refractivity contribution in [1.29, 1.82) is 0 Å². The van der Waals surface area contributed by atoms with Gasteiger partial charge in [0.05, 0.1) is 11.5 Å². The van der Waals surface area contributed by atoms with Crippen LogP contribution in [0, 0.1) is 5.92 Å². The Morgan fingerprint density at radius 2 is 2.29 bits per heavy atom. The normalized spacial score (nSPS) is 20.7. The minimum absolute atomic E-state index is 0.0879. The van der Waals surface area contributed by atoms with Crippen molar-refractivity contribution in [1.82, 2.24) is 14.6 Å². The highest BCUT2D eigenvalue weighted by Crippen LogP contribution is 2.22. The molecule has 0 aromatic carbocycles. The fraction of sp³-hybridized carbons (Fsp3) is 0.417. The Morgan fingerprint density at radius 1 is 1.48 bits per heavy atom. The molecule has 3 heterocycles. The number of amides is 1. The molecule has 3 rings (SSSR count). The van der Waals surface area contributed by atoms with E-state index < -0.39 is 9.84 Å². The molecule has 2 aromatic heterocycles. The number of carbonyl (C=O) groups is 1. The molecule has 1 atom stereocenters. The zero-order chi connectivity index (χ0) is 15.0. The Morgan fingerprint density at radius 3 is 2.95 bits per heavy atom. The van der Waals surface area contributed by atoms with Crippen molar-refractivity contribution in [3.05, 3.63) is 22.8 Å². The topological polar surface area (TPSA) is 93.4 Å². The zero-order valence-electron chi connectivity index (χ0n) is 11.0. The lowest BCUT2D eigenvalue weighted by molar-refractivity contribution is -0.116. The number of anilines is 1. The Bertz CT molecular complexity index is 802. The number of fused-ring (bicyclic) bond motifs is 1. The predicted molar refractivity (Wildman–Crippen MR) is 80.7 cm³/mol. The SMILES string of the molecule is O=C(CC1CCS(=O)(=O)C1)Nc1nc2cccc(Br)n2n1. The highest BCUT2D eigenvalue weighted by atomic mass is 79.9. The lowest BCUT2D eigenvalue weighted by Crippen LogP contribution is -2.18. The second-order valence-corrected chi connectivity index (χ2v) is 8.12. The van der Waals surface area contributed by atoms with E-state index in [-0.39, 0.29) is 35.7 Å². The number of rotatable bonds is 3. The lowest BCUT2D eigenvalue weighted by Gasteiger charge is -2.05. The van der Waals surface area contributed by atoms with E-state index in [2.05, 4.69) is 31.3 Å². The summed E-state index contributed by atoms with van der Waals surface area (Å²) in [6, 6.07) is 5.41. The first-order valence-corrected chi connectivity index (χ1v) is 9.06. The van der Waals surface area contributed by atoms with Gasteiger partial charge in [0.25, 0.3) is 0 Å². The maximum atomic E-state index is 11.9. The molecule has 2 aromatic rings. The Hall–Kier alpha value is -1.48. The highest BCUT2D eigenvalue weighted by molar-refractivity contribution is 9.10. The zero-order valence-corrected chi connectivity index (χ0v) is 13.4. The number of hydrogen-bond acceptors (Lipinski definition) is 5. The van der Waals surface area contributed by atoms with Gasteiger partial charge in [-0.25, -0.2) is 12.9 Å². The van der Waals surface area contributed by atoms with Gasteiger partial charge in [0, 0.05) is 6.42 Å². The van der Waals surface area contributed by atoms with Crippen LogP contribution in [0.2, 0.25) is 0 Å². The van der Waals surface area contributed by atoms with Crippen LogP contribution in [0.15, 0.2) is 22.8 Å². The maximum Gasteiger partial charge on any atom is 0.249 e. The molecule has 0 saturated carbocycles. The number of nitrogens with zero attached hydrogens (tertiary/aromatic N) is 3. The van der Waals surface area contributed by atoms with Crippen molar-refractivity contribution in [2.75, 3.05) is 16.8 Å². The summed E-state index contributed by atoms with van der Waals surface area (Å²) in [5, 5.41) is 6.78. The molecule has 1 aliphatic rings. The molecule has 21 heavy (non-hydrogen) atoms. The first kappa shape index (κ1) is 14.5. The summed E-state index contributed by atoms with van der Waals surface area (Å²) in [5.41, 5.74) is 0.614. The summed E-state index contributed by atoms with van der Waals surface area (Å²) < 4.78 is 25.0. The molecule has 112 valence electrons. The van der Waals surface area contributed by atoms with Gasteiger partial charge in [-0.2, -0.15) is 4.98 Å². The van der Waals surface area contributed by atoms with Crippen LogP contribution in [0.4, 0.5) is 5.95 Å². The van der Waals surface area contributed by atoms with Crippen LogP contribution < -0.4 is 5.32 Å². The minimum atomic E-state index is -2.96. The second kappa shape index (κ2) is 5.38. The lowest BCUT2D eigenvalue weighted by atomic mass is 10.1. The van der Waals surface area contributed by atoms with Crippen molar-refractivity contribution in [3.8, 4) is 0 Å². The number of nitrogens with one attached hydrogen (secondary N) is 1. The number of carbonyl (C=O) groups excluding carboxylic acids is 1. The number of sulfone groups is 1. The third-order valence-electron chi connectivity index (χ3n) is 3.37. The van der Waals surface area contributed by atoms with Gasteiger partial charge < -0.3 is 0 Å². The van der Waals surface area contributed by atoms with E-state index in [1.54, 1.807) is 10.6 Å². The van der Waals surface area contributed by atoms with E-state index in [1.165, 1.54) is 0 Å². The predicted octanol–water partition coefficient (Wildman–Crippen LogP) is 1.26. The summed E-state index contributed by atoms with van der Waals surface area (Å²) in [4.78, 5) is 16.1. The first-order valence-electron chi connectivity index (χ1n) is 6.44. The van der Waals surface area contributed by atoms with Crippen LogP contribution in [-0.4, -0.2) is 40.4 Å². The van der Waals surface area contributed by atoms with Crippen molar-refractivity contribution in [2.45, 2.75) is 12.8 Å². The Labute approximate surface area is 129 Å². The van der Waals surface area contributed by atoms with E-state index in [4.69, 9.17) is 0 Å². The third kappa shape index (κ3) is 3.24. The van der Waals surface area contributed by atoms with Crippen LogP contribution in [0.25, 0.3) is 5.65 Å². The van der Waals surface area contributed by atoms with Crippen molar-refractivity contribution in [3.63, 3.8) is 0 Å². The molecule has 0 spiro atoms. The fourth-order valence-corrected chi connectivity index (χ4v) is 4.67. The summed E-state index contributed by atoms with van der Waals surface area (Å²) in [5.74, 6) is 0.102. The monoisotopic (exact) mass is 372 g/mol. The molecule has 0 radical (unpaired) electrons. The van der Waals surface area contributed by atoms with E-state index in [1.807, 2.05) is 12.1 Å². The number of aromatic nitrogens is 3. The average molecular weight is 373 g/mol. The van der Waals surface area contributed by atoms with Gasteiger partial charge in [-0.05, 0) is 40.4 Å². The van der Waals surface area contributed by atoms with Gasteiger partial charge in [0.15, 0.2) is 15.5 Å². The van der Waals surface area contributed by atoms with Crippen LogP contribution in [0.5, 0.6) is 0 Å². The van der Waals surface area contributed by atoms with Gasteiger partial charge in [0.1, 0.15) is 4.60 Å². The van der Waals surface area contributed by atoms with Crippen molar-refractivity contribution >= 4 is 43.3 Å². The highest BCUT2D eigenvalue weighted by Gasteiger charge is 2.29. The fourth-order valence-electron chi connectivity index (χ4n) is 2.40. The van der Waals surface area contributed by atoms with E-state index in [9.17, 15) is 13.2 Å². The third-order valence-corrected chi connectivity index (χ3v) is 5.80. The van der Waals surface area contributed by atoms with Gasteiger partial charge >= 0.3 is 0 Å². The van der Waals surface area contributed by atoms with Crippen LogP contribution in [0.3, 0.4) is 0 Å². The second-order valence-electron chi connectivity index (χ2n) is 5.08. The van der Waals surface area contributed by atoms with Crippen LogP contribution in [-0.2, 0) is 14.6 Å². The van der Waals surface area contributed by atoms with Gasteiger partial charge in [0.2, 0.25) is 11.9 Å². The molecule has 1 fully saturated rings. The Balaban J connectivity index is 1.68. The van der Waals surface area contributed by atoms with Crippen LogP contribution >= 0.6 is 15.9 Å². The van der Waals surface area contributed by atoms with Crippen LogP contribution in [0.1, 0.15) is 12.8 Å². The molecule has 0 bridgehead atoms. The molecule has 1 saturated heterocycles. The quantitative estimate of drug-likeness (QED) is 0.818. The van der Waals surface area contributed by atoms with E-state index >= 15 is 0 Å². The summed E-state index contributed by atoms with van der Waals surface area (Å²) in [6.45, 7) is 0. The largest absolute Gasteiger partial charge is 0.293 e. The molecular weight excluding hydrogens is 360 g/mol. The van der Waals surface area contributed by atoms with Gasteiger partial charge in [-0.1, -0.05) is 6.07 Å². The average Bonchev–Trinajstić information content (AvgIpc) is 2.93. The van der Waals surface area contributed by atoms with Crippen molar-refractivity contribution < 1.29 is 13.2 Å². The number of pyridine rings is 1. The minimum Gasteiger partial charge on any atom is -0.293 e. The summed E-state index contributed by atoms with van der Waals surface area (Å²) >= 11 is 3.34. The molecule has 1 aliphatic heterocycles. The van der Waals surface area contributed by atoms with Gasteiger partial charge in [-0.15, -0.1) is 5.10 Å². The van der Waals surface area contributed by atoms with Crippen molar-refractivity contribution in [2.24, 2.45) is 5.92 Å². The summed E-state index contributed by atoms with van der Waals surface area (Å²) in [7, 11) is -2.96. The molecule has 0 aliphatic carbocycles. The Kier molecular flexibility index (Phi) is 3.70. The molecule has 9 heteroatoms. The number of halogens is 1. The molecule has 1 amide bonds. The van der Waals surface area contributed by atoms with Gasteiger partial charge in [-0.3, -0.25) is 10.1 Å². The first-order chi connectivity index (χ1) is 9.93. The smallest absolute Gasteiger partial charge is 0.249 e. The summed E-state index contributed by atoms with van der Waals surface area (Å²) in [6.07, 6.45) is 0.718. The standard InChI is InChI=1S/C12H13BrN4O3S/c13-9-2-1-3-10-14-12(16-17(9)10)15-11(18)6-8-4-5-21(19,20)7-8/h1-3,8H,4-7H2,(H,15,16,18). The molecular formula is C12H13BrN4O3S. The maximum absolute atomic E-state index is 11.9. The van der Waals surface area contributed by atoms with E-state index in [0.717, 1.165) is 4.60 Å². The molecule has 1 unspecified atom stereocenters. The van der Waals surface area contributed by atoms with E-state index in [0.29, 0.717) is 12.1 Å².